The molecule has 4 heteroatoms. The molecule has 1 saturated carbocycles. The van der Waals surface area contributed by atoms with Crippen molar-refractivity contribution in [3.05, 3.63) is 29.8 Å². The zero-order valence-electron chi connectivity index (χ0n) is 13.0. The second-order valence-corrected chi connectivity index (χ2v) is 5.92. The number of aryl methyl sites for hydroxylation is 1. The molecule has 21 heavy (non-hydrogen) atoms. The number of ether oxygens (including phenoxy) is 1. The Morgan fingerprint density at radius 3 is 2.67 bits per heavy atom. The second kappa shape index (κ2) is 8.03. The van der Waals surface area contributed by atoms with Crippen molar-refractivity contribution in [1.82, 2.24) is 5.32 Å². The molecule has 1 aromatic carbocycles. The Morgan fingerprint density at radius 1 is 1.24 bits per heavy atom. The van der Waals surface area contributed by atoms with Crippen molar-refractivity contribution in [2.75, 3.05) is 18.5 Å². The van der Waals surface area contributed by atoms with Crippen LogP contribution in [0, 0.1) is 12.8 Å². The minimum absolute atomic E-state index is 0.181. The third-order valence-electron chi connectivity index (χ3n) is 4.06. The summed E-state index contributed by atoms with van der Waals surface area (Å²) in [5, 5.41) is 5.64. The third kappa shape index (κ3) is 5.38. The van der Waals surface area contributed by atoms with Crippen LogP contribution in [0.25, 0.3) is 0 Å². The standard InChI is InChI=1S/C17H26N2O2/c1-13-7-9-15(10-8-13)19-17(20)18-11-12-21-16-6-4-3-5-14(16)2/h7-10,14,16H,3-6,11-12H2,1-2H3,(H2,18,19,20). The summed E-state index contributed by atoms with van der Waals surface area (Å²) < 4.78 is 5.87. The number of carbonyl (C=O) groups excluding carboxylic acids is 1. The normalized spacial score (nSPS) is 21.8. The zero-order valence-corrected chi connectivity index (χ0v) is 13.0. The number of rotatable bonds is 5. The molecule has 0 heterocycles. The van der Waals surface area contributed by atoms with E-state index in [0.717, 1.165) is 12.1 Å². The highest BCUT2D eigenvalue weighted by Crippen LogP contribution is 2.25. The minimum Gasteiger partial charge on any atom is -0.376 e. The van der Waals surface area contributed by atoms with E-state index in [1.807, 2.05) is 31.2 Å². The Kier molecular flexibility index (Phi) is 6.05. The number of nitrogens with one attached hydrogen (secondary N) is 2. The number of hydrogen-bond acceptors (Lipinski definition) is 2. The monoisotopic (exact) mass is 290 g/mol. The molecule has 2 rings (SSSR count). The third-order valence-corrected chi connectivity index (χ3v) is 4.06. The van der Waals surface area contributed by atoms with E-state index < -0.39 is 0 Å². The Labute approximate surface area is 127 Å². The predicted molar refractivity (Wildman–Crippen MR) is 85.6 cm³/mol. The SMILES string of the molecule is Cc1ccc(NC(=O)NCCOC2CCCCC2C)cc1. The smallest absolute Gasteiger partial charge is 0.319 e. The van der Waals surface area contributed by atoms with Crippen molar-refractivity contribution < 1.29 is 9.53 Å². The van der Waals surface area contributed by atoms with Crippen LogP contribution in [-0.2, 0) is 4.74 Å². The van der Waals surface area contributed by atoms with E-state index in [2.05, 4.69) is 17.6 Å². The van der Waals surface area contributed by atoms with Crippen LogP contribution in [0.5, 0.6) is 0 Å². The highest BCUT2D eigenvalue weighted by atomic mass is 16.5. The topological polar surface area (TPSA) is 50.4 Å². The number of carbonyl (C=O) groups is 1. The average Bonchev–Trinajstić information content (AvgIpc) is 2.48. The van der Waals surface area contributed by atoms with Crippen molar-refractivity contribution in [2.24, 2.45) is 5.92 Å². The number of anilines is 1. The van der Waals surface area contributed by atoms with Gasteiger partial charge in [0.2, 0.25) is 0 Å². The van der Waals surface area contributed by atoms with E-state index in [4.69, 9.17) is 4.74 Å². The fourth-order valence-electron chi connectivity index (χ4n) is 2.72. The summed E-state index contributed by atoms with van der Waals surface area (Å²) in [5.74, 6) is 0.639. The molecule has 0 saturated heterocycles. The minimum atomic E-state index is -0.181. The molecule has 0 bridgehead atoms. The molecule has 0 radical (unpaired) electrons. The molecule has 1 fully saturated rings. The van der Waals surface area contributed by atoms with Gasteiger partial charge in [-0.3, -0.25) is 0 Å². The summed E-state index contributed by atoms with van der Waals surface area (Å²) in [5.41, 5.74) is 1.98. The van der Waals surface area contributed by atoms with Gasteiger partial charge in [0.25, 0.3) is 0 Å². The fraction of sp³-hybridized carbons (Fsp3) is 0.588. The molecule has 1 aliphatic carbocycles. The highest BCUT2D eigenvalue weighted by Gasteiger charge is 2.21. The molecule has 1 aromatic rings. The molecule has 2 N–H and O–H groups in total. The van der Waals surface area contributed by atoms with E-state index in [1.54, 1.807) is 0 Å². The first-order chi connectivity index (χ1) is 10.1. The molecule has 4 nitrogen and oxygen atoms in total. The lowest BCUT2D eigenvalue weighted by Crippen LogP contribution is -2.34. The Hall–Kier alpha value is -1.55. The summed E-state index contributed by atoms with van der Waals surface area (Å²) >= 11 is 0. The van der Waals surface area contributed by atoms with E-state index in [9.17, 15) is 4.79 Å². The van der Waals surface area contributed by atoms with Gasteiger partial charge in [0.1, 0.15) is 0 Å². The first-order valence-corrected chi connectivity index (χ1v) is 7.88. The molecule has 116 valence electrons. The van der Waals surface area contributed by atoms with Crippen molar-refractivity contribution in [1.29, 1.82) is 0 Å². The molecule has 2 atom stereocenters. The largest absolute Gasteiger partial charge is 0.376 e. The molecule has 0 aromatic heterocycles. The van der Waals surface area contributed by atoms with Gasteiger partial charge in [-0.2, -0.15) is 0 Å². The fourth-order valence-corrected chi connectivity index (χ4v) is 2.72. The van der Waals surface area contributed by atoms with E-state index in [-0.39, 0.29) is 6.03 Å². The van der Waals surface area contributed by atoms with Crippen LogP contribution in [0.1, 0.15) is 38.2 Å². The Balaban J connectivity index is 1.61. The van der Waals surface area contributed by atoms with Crippen LogP contribution in [0.4, 0.5) is 10.5 Å². The van der Waals surface area contributed by atoms with Crippen LogP contribution in [0.15, 0.2) is 24.3 Å². The molecule has 1 aliphatic rings. The van der Waals surface area contributed by atoms with Crippen molar-refractivity contribution in [3.63, 3.8) is 0 Å². The summed E-state index contributed by atoms with van der Waals surface area (Å²) in [4.78, 5) is 11.7. The summed E-state index contributed by atoms with van der Waals surface area (Å²) in [6.45, 7) is 5.39. The van der Waals surface area contributed by atoms with Gasteiger partial charge < -0.3 is 15.4 Å². The molecule has 2 amide bonds. The maximum atomic E-state index is 11.7. The maximum Gasteiger partial charge on any atom is 0.319 e. The quantitative estimate of drug-likeness (QED) is 0.812. The molecular formula is C17H26N2O2. The van der Waals surface area contributed by atoms with Gasteiger partial charge >= 0.3 is 6.03 Å². The first-order valence-electron chi connectivity index (χ1n) is 7.88. The van der Waals surface area contributed by atoms with Crippen molar-refractivity contribution in [2.45, 2.75) is 45.6 Å². The molecule has 0 aliphatic heterocycles. The number of urea groups is 1. The maximum absolute atomic E-state index is 11.7. The average molecular weight is 290 g/mol. The molecule has 2 unspecified atom stereocenters. The predicted octanol–water partition coefficient (Wildman–Crippen LogP) is 3.71. The van der Waals surface area contributed by atoms with Gasteiger partial charge in [0.05, 0.1) is 12.7 Å². The van der Waals surface area contributed by atoms with Gasteiger partial charge in [-0.15, -0.1) is 0 Å². The van der Waals surface area contributed by atoms with E-state index in [0.29, 0.717) is 25.2 Å². The lowest BCUT2D eigenvalue weighted by Gasteiger charge is -2.28. The van der Waals surface area contributed by atoms with Gasteiger partial charge in [0, 0.05) is 12.2 Å². The number of benzene rings is 1. The van der Waals surface area contributed by atoms with Gasteiger partial charge in [-0.25, -0.2) is 4.79 Å². The van der Waals surface area contributed by atoms with Gasteiger partial charge in [-0.05, 0) is 37.8 Å². The van der Waals surface area contributed by atoms with Gasteiger partial charge in [0.15, 0.2) is 0 Å². The van der Waals surface area contributed by atoms with Crippen LogP contribution < -0.4 is 10.6 Å². The van der Waals surface area contributed by atoms with Gasteiger partial charge in [-0.1, -0.05) is 37.5 Å². The Morgan fingerprint density at radius 2 is 1.95 bits per heavy atom. The first kappa shape index (κ1) is 15.8. The lowest BCUT2D eigenvalue weighted by molar-refractivity contribution is -0.00232. The molecular weight excluding hydrogens is 264 g/mol. The van der Waals surface area contributed by atoms with Crippen LogP contribution >= 0.6 is 0 Å². The molecule has 0 spiro atoms. The van der Waals surface area contributed by atoms with Crippen molar-refractivity contribution in [3.8, 4) is 0 Å². The number of hydrogen-bond donors (Lipinski definition) is 2. The van der Waals surface area contributed by atoms with Crippen molar-refractivity contribution >= 4 is 11.7 Å². The second-order valence-electron chi connectivity index (χ2n) is 5.92. The summed E-state index contributed by atoms with van der Waals surface area (Å²) in [6.07, 6.45) is 5.35. The van der Waals surface area contributed by atoms with Crippen LogP contribution in [0.3, 0.4) is 0 Å². The Bertz CT molecular complexity index is 445. The lowest BCUT2D eigenvalue weighted by atomic mass is 9.88. The zero-order chi connectivity index (χ0) is 15.1. The summed E-state index contributed by atoms with van der Waals surface area (Å²) in [7, 11) is 0. The summed E-state index contributed by atoms with van der Waals surface area (Å²) in [6, 6.07) is 7.57. The van der Waals surface area contributed by atoms with E-state index in [1.165, 1.54) is 24.8 Å². The van der Waals surface area contributed by atoms with Crippen LogP contribution in [-0.4, -0.2) is 25.3 Å². The van der Waals surface area contributed by atoms with Crippen LogP contribution in [0.2, 0.25) is 0 Å². The number of amides is 2. The highest BCUT2D eigenvalue weighted by molar-refractivity contribution is 5.89. The van der Waals surface area contributed by atoms with E-state index >= 15 is 0 Å².